The lowest BCUT2D eigenvalue weighted by molar-refractivity contribution is 0.578. The fourth-order valence-corrected chi connectivity index (χ4v) is 3.46. The largest absolute Gasteiger partial charge is 0.325 e. The number of hydrogen-bond donors (Lipinski definition) is 0. The Morgan fingerprint density at radius 3 is 2.88 bits per heavy atom. The molecule has 0 aliphatic heterocycles. The molecule has 2 aromatic rings. The Labute approximate surface area is 97.7 Å². The lowest BCUT2D eigenvalue weighted by Gasteiger charge is -2.02. The summed E-state index contributed by atoms with van der Waals surface area (Å²) >= 11 is 1.46. The average Bonchev–Trinajstić information content (AvgIpc) is 2.85. The Morgan fingerprint density at radius 1 is 1.50 bits per heavy atom. The molecule has 0 aromatic carbocycles. The third-order valence-electron chi connectivity index (χ3n) is 2.16. The smallest absolute Gasteiger partial charge is 0.227 e. The van der Waals surface area contributed by atoms with E-state index in [-0.39, 0.29) is 10.9 Å². The fourth-order valence-electron chi connectivity index (χ4n) is 1.34. The normalized spacial score (nSPS) is 11.8. The number of rotatable bonds is 4. The van der Waals surface area contributed by atoms with Crippen LogP contribution in [0.5, 0.6) is 0 Å². The summed E-state index contributed by atoms with van der Waals surface area (Å²) in [6, 6.07) is 0. The molecule has 0 amide bonds. The third-order valence-corrected chi connectivity index (χ3v) is 4.69. The predicted molar refractivity (Wildman–Crippen MR) is 61.1 cm³/mol. The van der Waals surface area contributed by atoms with Crippen molar-refractivity contribution in [2.75, 3.05) is 5.75 Å². The summed E-state index contributed by atoms with van der Waals surface area (Å²) in [5, 5.41) is 0.122. The summed E-state index contributed by atoms with van der Waals surface area (Å²) in [5.74, 6) is 0.0695. The highest BCUT2D eigenvalue weighted by atomic mass is 32.2. The highest BCUT2D eigenvalue weighted by molar-refractivity contribution is 7.91. The van der Waals surface area contributed by atoms with E-state index in [1.165, 1.54) is 22.1 Å². The Kier molecular flexibility index (Phi) is 3.06. The average molecular weight is 257 g/mol. The number of hydrogen-bond acceptors (Lipinski definition) is 5. The van der Waals surface area contributed by atoms with E-state index in [0.29, 0.717) is 6.42 Å². The fraction of sp³-hybridized carbons (Fsp3) is 0.333. The molecule has 0 N–H and O–H groups in total. The maximum atomic E-state index is 11.9. The molecule has 7 heteroatoms. The van der Waals surface area contributed by atoms with Gasteiger partial charge in [0.2, 0.25) is 15.0 Å². The van der Waals surface area contributed by atoms with E-state index in [1.807, 2.05) is 0 Å². The Bertz CT molecular complexity index is 557. The summed E-state index contributed by atoms with van der Waals surface area (Å²) in [6.07, 6.45) is 5.29. The molecule has 2 rings (SSSR count). The third kappa shape index (κ3) is 2.30. The van der Waals surface area contributed by atoms with Gasteiger partial charge < -0.3 is 4.57 Å². The quantitative estimate of drug-likeness (QED) is 0.816. The molecule has 0 saturated heterocycles. The highest BCUT2D eigenvalue weighted by Crippen LogP contribution is 2.12. The zero-order chi connectivity index (χ0) is 11.6. The molecule has 2 heterocycles. The van der Waals surface area contributed by atoms with Crippen LogP contribution in [0, 0.1) is 0 Å². The van der Waals surface area contributed by atoms with Crippen LogP contribution in [0.1, 0.15) is 4.88 Å². The Balaban J connectivity index is 2.13. The molecule has 16 heavy (non-hydrogen) atoms. The van der Waals surface area contributed by atoms with Crippen LogP contribution in [0.2, 0.25) is 0 Å². The summed E-state index contributed by atoms with van der Waals surface area (Å²) < 4.78 is 25.3. The van der Waals surface area contributed by atoms with Crippen LogP contribution in [-0.4, -0.2) is 28.7 Å². The minimum Gasteiger partial charge on any atom is -0.325 e. The van der Waals surface area contributed by atoms with Gasteiger partial charge in [-0.15, -0.1) is 11.3 Å². The van der Waals surface area contributed by atoms with Crippen molar-refractivity contribution in [2.24, 2.45) is 7.05 Å². The standard InChI is InChI=1S/C9H11N3O2S2/c1-12-4-3-11-9(12)16(13,14)5-2-8-6-10-7-15-8/h3-4,6-7H,2,5H2,1H3. The summed E-state index contributed by atoms with van der Waals surface area (Å²) in [7, 11) is -1.62. The van der Waals surface area contributed by atoms with Crippen LogP contribution in [0.3, 0.4) is 0 Å². The Hall–Kier alpha value is -1.21. The highest BCUT2D eigenvalue weighted by Gasteiger charge is 2.19. The first-order chi connectivity index (χ1) is 7.59. The molecule has 0 bridgehead atoms. The molecule has 0 saturated carbocycles. The lowest BCUT2D eigenvalue weighted by atomic mass is 10.4. The number of thiazole rings is 1. The molecule has 0 fully saturated rings. The second-order valence-corrected chi connectivity index (χ2v) is 6.33. The summed E-state index contributed by atoms with van der Waals surface area (Å²) in [5.41, 5.74) is 1.70. The van der Waals surface area contributed by atoms with Crippen LogP contribution in [0.4, 0.5) is 0 Å². The van der Waals surface area contributed by atoms with Gasteiger partial charge in [0.15, 0.2) is 0 Å². The second-order valence-electron chi connectivity index (χ2n) is 3.36. The first-order valence-electron chi connectivity index (χ1n) is 4.67. The summed E-state index contributed by atoms with van der Waals surface area (Å²) in [6.45, 7) is 0. The summed E-state index contributed by atoms with van der Waals surface area (Å²) in [4.78, 5) is 8.73. The molecule has 0 aliphatic rings. The first-order valence-corrected chi connectivity index (χ1v) is 7.20. The van der Waals surface area contributed by atoms with Crippen molar-refractivity contribution in [3.63, 3.8) is 0 Å². The van der Waals surface area contributed by atoms with E-state index >= 15 is 0 Å². The van der Waals surface area contributed by atoms with Gasteiger partial charge >= 0.3 is 0 Å². The maximum Gasteiger partial charge on any atom is 0.227 e. The van der Waals surface area contributed by atoms with Gasteiger partial charge in [-0.25, -0.2) is 13.4 Å². The van der Waals surface area contributed by atoms with Crippen molar-refractivity contribution in [3.05, 3.63) is 29.0 Å². The van der Waals surface area contributed by atoms with E-state index in [1.54, 1.807) is 25.0 Å². The number of imidazole rings is 1. The van der Waals surface area contributed by atoms with Crippen molar-refractivity contribution in [1.29, 1.82) is 0 Å². The monoisotopic (exact) mass is 257 g/mol. The maximum absolute atomic E-state index is 11.9. The van der Waals surface area contributed by atoms with E-state index in [4.69, 9.17) is 0 Å². The van der Waals surface area contributed by atoms with Crippen molar-refractivity contribution in [2.45, 2.75) is 11.6 Å². The lowest BCUT2D eigenvalue weighted by Crippen LogP contribution is -2.13. The molecule has 0 aliphatic carbocycles. The number of sulfone groups is 1. The second kappa shape index (κ2) is 4.34. The zero-order valence-electron chi connectivity index (χ0n) is 8.70. The van der Waals surface area contributed by atoms with Gasteiger partial charge in [-0.1, -0.05) is 0 Å². The van der Waals surface area contributed by atoms with E-state index in [0.717, 1.165) is 4.88 Å². The van der Waals surface area contributed by atoms with Gasteiger partial charge in [-0.2, -0.15) is 0 Å². The van der Waals surface area contributed by atoms with Crippen molar-refractivity contribution in [1.82, 2.24) is 14.5 Å². The first kappa shape index (κ1) is 11.3. The molecule has 86 valence electrons. The molecule has 5 nitrogen and oxygen atoms in total. The van der Waals surface area contributed by atoms with Gasteiger partial charge in [0.1, 0.15) is 0 Å². The topological polar surface area (TPSA) is 64.8 Å². The van der Waals surface area contributed by atoms with Crippen LogP contribution in [0.15, 0.2) is 29.3 Å². The van der Waals surface area contributed by atoms with Gasteiger partial charge in [-0.3, -0.25) is 4.98 Å². The van der Waals surface area contributed by atoms with Crippen LogP contribution in [0.25, 0.3) is 0 Å². The van der Waals surface area contributed by atoms with E-state index in [2.05, 4.69) is 9.97 Å². The van der Waals surface area contributed by atoms with Crippen molar-refractivity contribution >= 4 is 21.2 Å². The predicted octanol–water partition coefficient (Wildman–Crippen LogP) is 0.893. The Morgan fingerprint density at radius 2 is 2.31 bits per heavy atom. The molecule has 0 spiro atoms. The van der Waals surface area contributed by atoms with Crippen LogP contribution in [-0.2, 0) is 23.3 Å². The van der Waals surface area contributed by atoms with Gasteiger partial charge in [-0.05, 0) is 6.42 Å². The van der Waals surface area contributed by atoms with Crippen LogP contribution >= 0.6 is 11.3 Å². The molecular weight excluding hydrogens is 246 g/mol. The van der Waals surface area contributed by atoms with E-state index in [9.17, 15) is 8.42 Å². The molecule has 2 aromatic heterocycles. The zero-order valence-corrected chi connectivity index (χ0v) is 10.3. The minimum absolute atomic E-state index is 0.0695. The molecule has 0 radical (unpaired) electrons. The minimum atomic E-state index is -3.29. The number of nitrogens with zero attached hydrogens (tertiary/aromatic N) is 3. The van der Waals surface area contributed by atoms with Crippen LogP contribution < -0.4 is 0 Å². The van der Waals surface area contributed by atoms with Crippen molar-refractivity contribution in [3.8, 4) is 0 Å². The molecule has 0 atom stereocenters. The van der Waals surface area contributed by atoms with E-state index < -0.39 is 9.84 Å². The van der Waals surface area contributed by atoms with Gasteiger partial charge in [0.25, 0.3) is 0 Å². The molecule has 0 unspecified atom stereocenters. The van der Waals surface area contributed by atoms with Crippen molar-refractivity contribution < 1.29 is 8.42 Å². The van der Waals surface area contributed by atoms with Gasteiger partial charge in [0, 0.05) is 30.5 Å². The van der Waals surface area contributed by atoms with Gasteiger partial charge in [0.05, 0.1) is 11.3 Å². The number of aryl methyl sites for hydroxylation is 2. The SMILES string of the molecule is Cn1ccnc1S(=O)(=O)CCc1cncs1. The number of aromatic nitrogens is 3. The molecular formula is C9H11N3O2S2.